The van der Waals surface area contributed by atoms with E-state index in [2.05, 4.69) is 21.3 Å². The molecule has 0 aliphatic rings. The smallest absolute Gasteiger partial charge is 0.748 e. The molecule has 0 aliphatic heterocycles. The Balaban J connectivity index is 0. The van der Waals surface area contributed by atoms with Crippen LogP contribution in [-0.4, -0.2) is 67.2 Å². The van der Waals surface area contributed by atoms with Crippen LogP contribution in [-0.2, 0) is 26.8 Å². The van der Waals surface area contributed by atoms with E-state index in [1.165, 1.54) is 0 Å². The topological polar surface area (TPSA) is 177 Å². The Morgan fingerprint density at radius 3 is 2.00 bits per heavy atom. The molecule has 0 bridgehead atoms. The zero-order valence-electron chi connectivity index (χ0n) is 20.0. The molecule has 0 atom stereocenters. The summed E-state index contributed by atoms with van der Waals surface area (Å²) in [6.07, 6.45) is 0.440. The number of hydrogen-bond acceptors (Lipinski definition) is 7. The van der Waals surface area contributed by atoms with E-state index < -0.39 is 20.2 Å². The van der Waals surface area contributed by atoms with E-state index in [1.54, 1.807) is 0 Å². The van der Waals surface area contributed by atoms with E-state index in [9.17, 15) is 26.2 Å². The van der Waals surface area contributed by atoms with Crippen molar-refractivity contribution in [1.29, 1.82) is 0 Å². The van der Waals surface area contributed by atoms with Crippen LogP contribution >= 0.6 is 12.2 Å². The van der Waals surface area contributed by atoms with Crippen molar-refractivity contribution in [3.63, 3.8) is 0 Å². The van der Waals surface area contributed by atoms with Crippen LogP contribution in [0.3, 0.4) is 0 Å². The van der Waals surface area contributed by atoms with E-state index in [-0.39, 0.29) is 72.0 Å². The van der Waals surface area contributed by atoms with Crippen LogP contribution in [0.4, 0.5) is 4.79 Å². The first-order valence-electron chi connectivity index (χ1n) is 10.1. The second-order valence-electron chi connectivity index (χ2n) is 7.98. The first-order valence-corrected chi connectivity index (χ1v) is 13.7. The van der Waals surface area contributed by atoms with Gasteiger partial charge < -0.3 is 25.8 Å². The molecular weight excluding hydrogens is 515 g/mol. The van der Waals surface area contributed by atoms with Crippen molar-refractivity contribution in [2.45, 2.75) is 45.7 Å². The molecule has 0 saturated heterocycles. The van der Waals surface area contributed by atoms with E-state index in [1.807, 2.05) is 51.1 Å². The molecule has 1 rings (SSSR count). The molecule has 15 heteroatoms. The zero-order chi connectivity index (χ0) is 25.5. The maximum Gasteiger partial charge on any atom is 1.00 e. The number of amides is 2. The van der Waals surface area contributed by atoms with Crippen LogP contribution in [0.5, 0.6) is 0 Å². The Labute approximate surface area is 230 Å². The van der Waals surface area contributed by atoms with Gasteiger partial charge in [0.25, 0.3) is 10.1 Å². The van der Waals surface area contributed by atoms with Crippen LogP contribution < -0.4 is 50.8 Å². The average molecular weight is 549 g/mol. The third-order valence-electron chi connectivity index (χ3n) is 3.51. The summed E-state index contributed by atoms with van der Waals surface area (Å²) in [6.45, 7) is 6.69. The van der Waals surface area contributed by atoms with Crippen LogP contribution in [0.25, 0.3) is 0 Å². The molecule has 0 heterocycles. The summed E-state index contributed by atoms with van der Waals surface area (Å²) in [5, 5.41) is 11.4. The normalized spacial score (nSPS) is 11.2. The maximum atomic E-state index is 11.1. The van der Waals surface area contributed by atoms with Gasteiger partial charge in [-0.2, -0.15) is 8.42 Å². The van der Waals surface area contributed by atoms with Gasteiger partial charge in [0.2, 0.25) is 0 Å². The molecule has 1 aromatic rings. The number of thiocarbonyl (C=S) groups is 1. The van der Waals surface area contributed by atoms with Crippen molar-refractivity contribution < 1.29 is 60.3 Å². The summed E-state index contributed by atoms with van der Waals surface area (Å²) >= 11 is 5.01. The summed E-state index contributed by atoms with van der Waals surface area (Å²) in [7, 11) is -8.06. The molecule has 0 radical (unpaired) electrons. The fraction of sp³-hybridized carbons (Fsp3) is 0.579. The summed E-state index contributed by atoms with van der Waals surface area (Å²) in [5.41, 5.74) is 0.774. The fourth-order valence-electron chi connectivity index (χ4n) is 2.13. The van der Waals surface area contributed by atoms with Crippen molar-refractivity contribution in [3.8, 4) is 0 Å². The zero-order valence-corrected chi connectivity index (χ0v) is 24.4. The number of carbonyl (C=O) groups excluding carboxylic acids is 1. The number of nitrogens with one attached hydrogen (secondary N) is 4. The number of benzene rings is 1. The second-order valence-corrected chi connectivity index (χ2v) is 11.5. The SMILES string of the molecule is CC(C)(C)NC(=O)NCCCS(=O)(=O)O.O=S(=O)([O-])CCCNC(=S)NCc1ccccc1.[Na+]. The molecule has 2 amide bonds. The molecule has 5 N–H and O–H groups in total. The van der Waals surface area contributed by atoms with Crippen molar-refractivity contribution in [3.05, 3.63) is 35.9 Å². The summed E-state index contributed by atoms with van der Waals surface area (Å²) in [4.78, 5) is 11.1. The number of carbonyl (C=O) groups is 1. The quantitative estimate of drug-likeness (QED) is 0.0947. The first kappa shape index (κ1) is 35.2. The molecule has 0 fully saturated rings. The van der Waals surface area contributed by atoms with E-state index in [0.29, 0.717) is 18.2 Å². The van der Waals surface area contributed by atoms with Crippen molar-refractivity contribution in [1.82, 2.24) is 21.3 Å². The molecule has 0 aliphatic carbocycles. The number of hydrogen-bond donors (Lipinski definition) is 5. The Kier molecular flexibility index (Phi) is 18.0. The predicted molar refractivity (Wildman–Crippen MR) is 130 cm³/mol. The third kappa shape index (κ3) is 25.6. The van der Waals surface area contributed by atoms with Crippen molar-refractivity contribution >= 4 is 43.6 Å². The van der Waals surface area contributed by atoms with Crippen LogP contribution in [0, 0.1) is 0 Å². The van der Waals surface area contributed by atoms with Crippen LogP contribution in [0.1, 0.15) is 39.2 Å². The monoisotopic (exact) mass is 548 g/mol. The maximum absolute atomic E-state index is 11.1. The van der Waals surface area contributed by atoms with Gasteiger partial charge in [-0.25, -0.2) is 13.2 Å². The van der Waals surface area contributed by atoms with Gasteiger partial charge in [0.15, 0.2) is 5.11 Å². The molecule has 190 valence electrons. The standard InChI is InChI=1S/C11H16N2O3S2.C8H18N2O4S.Na/c14-18(15,16)8-4-7-12-11(17)13-9-10-5-2-1-3-6-10;1-8(2,3)10-7(11)9-5-4-6-15(12,13)14;/h1-3,5-6H,4,7-9H2,(H2,12,13,17)(H,14,15,16);4-6H2,1-3H3,(H2,9,10,11)(H,12,13,14);/q;;+1/p-1. The average Bonchev–Trinajstić information content (AvgIpc) is 2.66. The fourth-order valence-corrected chi connectivity index (χ4v) is 3.31. The van der Waals surface area contributed by atoms with Gasteiger partial charge >= 0.3 is 35.6 Å². The minimum Gasteiger partial charge on any atom is -0.748 e. The van der Waals surface area contributed by atoms with E-state index in [4.69, 9.17) is 16.8 Å². The Hall–Kier alpha value is -1.000. The molecule has 0 aromatic heterocycles. The Morgan fingerprint density at radius 1 is 0.971 bits per heavy atom. The van der Waals surface area contributed by atoms with Gasteiger partial charge in [0, 0.05) is 30.9 Å². The molecule has 0 spiro atoms. The minimum absolute atomic E-state index is 0. The molecule has 0 saturated carbocycles. The second kappa shape index (κ2) is 17.4. The minimum atomic E-state index is -4.13. The molecule has 0 unspecified atom stereocenters. The van der Waals surface area contributed by atoms with Crippen molar-refractivity contribution in [2.24, 2.45) is 0 Å². The summed E-state index contributed by atoms with van der Waals surface area (Å²) < 4.78 is 60.1. The predicted octanol–water partition coefficient (Wildman–Crippen LogP) is -2.05. The van der Waals surface area contributed by atoms with Gasteiger partial charge in [0.05, 0.1) is 15.9 Å². The van der Waals surface area contributed by atoms with Gasteiger partial charge in [-0.3, -0.25) is 4.55 Å². The van der Waals surface area contributed by atoms with E-state index >= 15 is 0 Å². The first-order chi connectivity index (χ1) is 15.1. The van der Waals surface area contributed by atoms with E-state index in [0.717, 1.165) is 5.56 Å². The largest absolute Gasteiger partial charge is 1.00 e. The third-order valence-corrected chi connectivity index (χ3v) is 5.39. The number of rotatable bonds is 10. The Morgan fingerprint density at radius 2 is 1.50 bits per heavy atom. The van der Waals surface area contributed by atoms with Crippen molar-refractivity contribution in [2.75, 3.05) is 24.6 Å². The molecular formula is C19H33N4NaO7S3. The number of urea groups is 1. The van der Waals surface area contributed by atoms with Crippen LogP contribution in [0.15, 0.2) is 30.3 Å². The molecule has 11 nitrogen and oxygen atoms in total. The summed E-state index contributed by atoms with van der Waals surface area (Å²) in [5.74, 6) is -0.718. The van der Waals surface area contributed by atoms with Gasteiger partial charge in [-0.15, -0.1) is 0 Å². The van der Waals surface area contributed by atoms with Gasteiger partial charge in [-0.1, -0.05) is 30.3 Å². The molecule has 1 aromatic carbocycles. The molecule has 34 heavy (non-hydrogen) atoms. The summed E-state index contributed by atoms with van der Waals surface area (Å²) in [6, 6.07) is 9.40. The van der Waals surface area contributed by atoms with Gasteiger partial charge in [-0.05, 0) is 51.4 Å². The van der Waals surface area contributed by atoms with Crippen LogP contribution in [0.2, 0.25) is 0 Å². The Bertz CT molecular complexity index is 938. The van der Waals surface area contributed by atoms with Gasteiger partial charge in [0.1, 0.15) is 0 Å².